The van der Waals surface area contributed by atoms with Gasteiger partial charge in [0.1, 0.15) is 18.0 Å². The van der Waals surface area contributed by atoms with Crippen molar-refractivity contribution in [3.05, 3.63) is 64.7 Å². The molecule has 2 aromatic rings. The average Bonchev–Trinajstić information content (AvgIpc) is 3.09. The molecule has 162 valence electrons. The van der Waals surface area contributed by atoms with E-state index < -0.39 is 5.60 Å². The van der Waals surface area contributed by atoms with Gasteiger partial charge in [0, 0.05) is 5.41 Å². The van der Waals surface area contributed by atoms with Crippen LogP contribution in [-0.2, 0) is 19.6 Å². The zero-order valence-electron chi connectivity index (χ0n) is 18.3. The molecule has 0 radical (unpaired) electrons. The van der Waals surface area contributed by atoms with Crippen molar-refractivity contribution in [1.29, 1.82) is 0 Å². The molecule has 2 fully saturated rings. The van der Waals surface area contributed by atoms with Crippen LogP contribution >= 0.6 is 0 Å². The molecule has 2 N–H and O–H groups in total. The Morgan fingerprint density at radius 2 is 1.84 bits per heavy atom. The van der Waals surface area contributed by atoms with E-state index in [0.29, 0.717) is 24.4 Å². The fraction of sp³-hybridized carbons (Fsp3) is 0.500. The summed E-state index contributed by atoms with van der Waals surface area (Å²) in [6.45, 7) is 2.83. The zero-order valence-corrected chi connectivity index (χ0v) is 18.3. The lowest BCUT2D eigenvalue weighted by Gasteiger charge is -2.52. The highest BCUT2D eigenvalue weighted by Crippen LogP contribution is 2.64. The molecule has 0 saturated heterocycles. The summed E-state index contributed by atoms with van der Waals surface area (Å²) in [7, 11) is 0. The Morgan fingerprint density at radius 3 is 2.58 bits per heavy atom. The monoisotopic (exact) mass is 416 g/mol. The molecule has 31 heavy (non-hydrogen) atoms. The second kappa shape index (κ2) is 7.69. The molecule has 3 heteroatoms. The van der Waals surface area contributed by atoms with Crippen molar-refractivity contribution in [1.82, 2.24) is 0 Å². The summed E-state index contributed by atoms with van der Waals surface area (Å²) < 4.78 is 6.08. The summed E-state index contributed by atoms with van der Waals surface area (Å²) in [5.41, 5.74) is 3.84. The van der Waals surface area contributed by atoms with Crippen LogP contribution in [0.5, 0.6) is 5.75 Å². The number of aliphatic hydroxyl groups is 2. The van der Waals surface area contributed by atoms with Crippen LogP contribution in [0.4, 0.5) is 0 Å². The molecule has 0 spiro atoms. The van der Waals surface area contributed by atoms with Crippen molar-refractivity contribution in [3.8, 4) is 18.1 Å². The van der Waals surface area contributed by atoms with Crippen LogP contribution in [0.3, 0.4) is 0 Å². The molecule has 0 aliphatic heterocycles. The fourth-order valence-electron chi connectivity index (χ4n) is 6.81. The van der Waals surface area contributed by atoms with Gasteiger partial charge < -0.3 is 14.9 Å². The van der Waals surface area contributed by atoms with E-state index in [1.807, 2.05) is 24.3 Å². The van der Waals surface area contributed by atoms with Gasteiger partial charge in [-0.05, 0) is 90.7 Å². The summed E-state index contributed by atoms with van der Waals surface area (Å²) in [5.74, 6) is 5.39. The number of hydrogen-bond donors (Lipinski definition) is 2. The summed E-state index contributed by atoms with van der Waals surface area (Å²) in [5, 5.41) is 20.3. The summed E-state index contributed by atoms with van der Waals surface area (Å²) in [4.78, 5) is 0. The second-order valence-electron chi connectivity index (χ2n) is 10.0. The van der Waals surface area contributed by atoms with Crippen LogP contribution in [0.2, 0.25) is 0 Å². The van der Waals surface area contributed by atoms with Gasteiger partial charge >= 0.3 is 0 Å². The van der Waals surface area contributed by atoms with E-state index in [1.165, 1.54) is 17.5 Å². The molecule has 0 aromatic heterocycles. The fourth-order valence-corrected chi connectivity index (χ4v) is 6.81. The molecule has 0 amide bonds. The van der Waals surface area contributed by atoms with Crippen molar-refractivity contribution < 1.29 is 14.9 Å². The quantitative estimate of drug-likeness (QED) is 0.691. The zero-order chi connectivity index (χ0) is 21.6. The SMILES string of the molecule is C#C[C@]1(O)CC[C@H]2[C@@H]3CCc4cc(OCc5ccc(CO)cc5)ccc4[C@H]3CC[C@@]21C. The highest BCUT2D eigenvalue weighted by Gasteiger charge is 2.61. The molecule has 2 saturated carbocycles. The van der Waals surface area contributed by atoms with E-state index in [-0.39, 0.29) is 12.0 Å². The largest absolute Gasteiger partial charge is 0.489 e. The Hall–Kier alpha value is -2.28. The molecular weight excluding hydrogens is 384 g/mol. The van der Waals surface area contributed by atoms with Crippen LogP contribution in [0, 0.1) is 29.6 Å². The predicted molar refractivity (Wildman–Crippen MR) is 122 cm³/mol. The molecule has 3 aliphatic carbocycles. The van der Waals surface area contributed by atoms with Crippen LogP contribution in [-0.4, -0.2) is 15.8 Å². The summed E-state index contributed by atoms with van der Waals surface area (Å²) in [6, 6.07) is 14.5. The highest BCUT2D eigenvalue weighted by atomic mass is 16.5. The smallest absolute Gasteiger partial charge is 0.130 e. The first kappa shape index (κ1) is 20.6. The maximum absolute atomic E-state index is 11.1. The van der Waals surface area contributed by atoms with Crippen LogP contribution < -0.4 is 4.74 Å². The van der Waals surface area contributed by atoms with Crippen molar-refractivity contribution in [2.24, 2.45) is 17.3 Å². The molecule has 0 heterocycles. The number of fused-ring (bicyclic) bond motifs is 5. The number of hydrogen-bond acceptors (Lipinski definition) is 3. The van der Waals surface area contributed by atoms with Crippen molar-refractivity contribution >= 4 is 0 Å². The highest BCUT2D eigenvalue weighted by molar-refractivity contribution is 5.41. The number of benzene rings is 2. The van der Waals surface area contributed by atoms with Crippen molar-refractivity contribution in [3.63, 3.8) is 0 Å². The third-order valence-corrected chi connectivity index (χ3v) is 8.70. The van der Waals surface area contributed by atoms with Gasteiger partial charge in [0.05, 0.1) is 6.61 Å². The Balaban J connectivity index is 1.32. The third-order valence-electron chi connectivity index (χ3n) is 8.70. The van der Waals surface area contributed by atoms with E-state index in [0.717, 1.165) is 49.0 Å². The Morgan fingerprint density at radius 1 is 1.06 bits per heavy atom. The normalized spacial score (nSPS) is 33.7. The number of rotatable bonds is 4. The number of aliphatic hydroxyl groups excluding tert-OH is 1. The molecule has 3 aliphatic rings. The van der Waals surface area contributed by atoms with Gasteiger partial charge in [-0.3, -0.25) is 0 Å². The minimum Gasteiger partial charge on any atom is -0.489 e. The predicted octanol–water partition coefficient (Wildman–Crippen LogP) is 4.98. The lowest BCUT2D eigenvalue weighted by atomic mass is 9.53. The van der Waals surface area contributed by atoms with Crippen LogP contribution in [0.1, 0.15) is 67.2 Å². The first-order valence-electron chi connectivity index (χ1n) is 11.6. The van der Waals surface area contributed by atoms with Crippen molar-refractivity contribution in [2.45, 2.75) is 70.2 Å². The molecule has 3 nitrogen and oxygen atoms in total. The maximum Gasteiger partial charge on any atom is 0.130 e. The van der Waals surface area contributed by atoms with E-state index >= 15 is 0 Å². The van der Waals surface area contributed by atoms with Crippen LogP contribution in [0.15, 0.2) is 42.5 Å². The number of terminal acetylenes is 1. The lowest BCUT2D eigenvalue weighted by molar-refractivity contribution is -0.0646. The van der Waals surface area contributed by atoms with Crippen molar-refractivity contribution in [2.75, 3.05) is 0 Å². The number of aryl methyl sites for hydroxylation is 1. The summed E-state index contributed by atoms with van der Waals surface area (Å²) >= 11 is 0. The minimum atomic E-state index is -0.935. The summed E-state index contributed by atoms with van der Waals surface area (Å²) in [6.07, 6.45) is 11.9. The van der Waals surface area contributed by atoms with Gasteiger partial charge in [0.15, 0.2) is 0 Å². The molecule has 2 aromatic carbocycles. The van der Waals surface area contributed by atoms with E-state index in [1.54, 1.807) is 0 Å². The Bertz CT molecular complexity index is 1000. The van der Waals surface area contributed by atoms with Gasteiger partial charge in [0.25, 0.3) is 0 Å². The standard InChI is InChI=1S/C28H32O3/c1-3-28(30)15-13-26-25-10-8-21-16-22(31-18-20-6-4-19(17-29)5-7-20)9-11-23(21)24(25)12-14-27(26,28)2/h1,4-7,9,11,16,24-26,29-30H,8,10,12-15,17-18H2,2H3/t24-,25-,26+,27+,28+/m1/s1. The molecule has 0 unspecified atom stereocenters. The first-order valence-corrected chi connectivity index (χ1v) is 11.6. The lowest BCUT2D eigenvalue weighted by Crippen LogP contribution is -2.50. The first-order chi connectivity index (χ1) is 15.0. The van der Waals surface area contributed by atoms with E-state index in [2.05, 4.69) is 31.0 Å². The average molecular weight is 417 g/mol. The van der Waals surface area contributed by atoms with Crippen LogP contribution in [0.25, 0.3) is 0 Å². The number of ether oxygens (including phenoxy) is 1. The van der Waals surface area contributed by atoms with E-state index in [9.17, 15) is 10.2 Å². The Labute approximate surface area is 185 Å². The third kappa shape index (κ3) is 3.28. The van der Waals surface area contributed by atoms with Gasteiger partial charge in [-0.2, -0.15) is 0 Å². The molecule has 5 atom stereocenters. The second-order valence-corrected chi connectivity index (χ2v) is 10.0. The van der Waals surface area contributed by atoms with Gasteiger partial charge in [-0.1, -0.05) is 43.2 Å². The van der Waals surface area contributed by atoms with E-state index in [4.69, 9.17) is 11.2 Å². The molecular formula is C28H32O3. The molecule has 5 rings (SSSR count). The van der Waals surface area contributed by atoms with Gasteiger partial charge in [0.2, 0.25) is 0 Å². The topological polar surface area (TPSA) is 49.7 Å². The van der Waals surface area contributed by atoms with Gasteiger partial charge in [-0.25, -0.2) is 0 Å². The molecule has 0 bridgehead atoms. The van der Waals surface area contributed by atoms with Gasteiger partial charge in [-0.15, -0.1) is 6.42 Å². The Kier molecular flexibility index (Phi) is 5.12. The minimum absolute atomic E-state index is 0.0656. The maximum atomic E-state index is 11.1.